The zero-order valence-electron chi connectivity index (χ0n) is 23.4. The van der Waals surface area contributed by atoms with E-state index in [1.165, 1.54) is 12.1 Å². The SMILES string of the molecule is [2H]C([2H])([2H])N(C(=O)Cn1nc(-c2cccc(Cl)c2)c2ccc(OC(C)C)cc2c1=O)c1ccc2nc(C)oc2c1. The fraction of sp³-hybridized carbons (Fsp3) is 0.214. The maximum Gasteiger partial charge on any atom is 0.275 e. The molecule has 0 aliphatic carbocycles. The molecule has 2 aromatic heterocycles. The van der Waals surface area contributed by atoms with E-state index in [1.807, 2.05) is 13.8 Å². The maximum absolute atomic E-state index is 13.6. The highest BCUT2D eigenvalue weighted by molar-refractivity contribution is 6.30. The Morgan fingerprint density at radius 2 is 2.00 bits per heavy atom. The van der Waals surface area contributed by atoms with Gasteiger partial charge in [-0.3, -0.25) is 9.59 Å². The lowest BCUT2D eigenvalue weighted by atomic mass is 10.0. The van der Waals surface area contributed by atoms with Crippen LogP contribution in [0.15, 0.2) is 69.9 Å². The smallest absolute Gasteiger partial charge is 0.275 e. The predicted molar refractivity (Wildman–Crippen MR) is 144 cm³/mol. The summed E-state index contributed by atoms with van der Waals surface area (Å²) in [5.41, 5.74) is 1.38. The molecule has 3 aromatic carbocycles. The summed E-state index contributed by atoms with van der Waals surface area (Å²) in [5, 5.41) is 5.76. The average Bonchev–Trinajstić information content (AvgIpc) is 3.24. The van der Waals surface area contributed by atoms with Gasteiger partial charge in [-0.25, -0.2) is 9.67 Å². The highest BCUT2D eigenvalue weighted by atomic mass is 35.5. The molecule has 0 atom stereocenters. The summed E-state index contributed by atoms with van der Waals surface area (Å²) in [6.07, 6.45) is -0.131. The molecule has 8 nitrogen and oxygen atoms in total. The molecule has 0 spiro atoms. The zero-order valence-corrected chi connectivity index (χ0v) is 21.1. The lowest BCUT2D eigenvalue weighted by Crippen LogP contribution is -2.35. The molecular weight excluding hydrogens is 492 g/mol. The van der Waals surface area contributed by atoms with Gasteiger partial charge in [-0.1, -0.05) is 23.7 Å². The van der Waals surface area contributed by atoms with Crippen LogP contribution >= 0.6 is 11.6 Å². The van der Waals surface area contributed by atoms with Crippen LogP contribution in [-0.2, 0) is 11.3 Å². The molecule has 5 aromatic rings. The van der Waals surface area contributed by atoms with Crippen LogP contribution in [0.3, 0.4) is 0 Å². The number of amides is 1. The summed E-state index contributed by atoms with van der Waals surface area (Å²) in [7, 11) is 0. The highest BCUT2D eigenvalue weighted by Gasteiger charge is 2.19. The van der Waals surface area contributed by atoms with Crippen LogP contribution in [0.5, 0.6) is 5.75 Å². The molecule has 0 aliphatic rings. The molecule has 0 saturated carbocycles. The van der Waals surface area contributed by atoms with E-state index in [-0.39, 0.29) is 17.2 Å². The lowest BCUT2D eigenvalue weighted by Gasteiger charge is -2.18. The Kier molecular flexibility index (Phi) is 5.50. The van der Waals surface area contributed by atoms with E-state index >= 15 is 0 Å². The minimum atomic E-state index is -2.85. The summed E-state index contributed by atoms with van der Waals surface area (Å²) >= 11 is 6.23. The number of ether oxygens (including phenoxy) is 1. The number of carbonyl (C=O) groups excluding carboxylic acids is 1. The molecule has 0 radical (unpaired) electrons. The summed E-state index contributed by atoms with van der Waals surface area (Å²) in [6, 6.07) is 16.5. The van der Waals surface area contributed by atoms with Crippen LogP contribution in [0.4, 0.5) is 5.69 Å². The van der Waals surface area contributed by atoms with Gasteiger partial charge in [0.2, 0.25) is 5.91 Å². The van der Waals surface area contributed by atoms with Crippen LogP contribution in [0.2, 0.25) is 5.02 Å². The Morgan fingerprint density at radius 3 is 2.76 bits per heavy atom. The second-order valence-electron chi connectivity index (χ2n) is 8.81. The molecule has 37 heavy (non-hydrogen) atoms. The maximum atomic E-state index is 13.6. The summed E-state index contributed by atoms with van der Waals surface area (Å²) in [5.74, 6) is 0.0110. The number of aryl methyl sites for hydroxylation is 1. The number of nitrogens with zero attached hydrogens (tertiary/aromatic N) is 4. The Bertz CT molecular complexity index is 1810. The first-order valence-corrected chi connectivity index (χ1v) is 12.0. The molecule has 188 valence electrons. The molecule has 1 amide bonds. The molecule has 0 N–H and O–H groups in total. The van der Waals surface area contributed by atoms with Gasteiger partial charge in [0.15, 0.2) is 11.5 Å². The van der Waals surface area contributed by atoms with Gasteiger partial charge >= 0.3 is 0 Å². The van der Waals surface area contributed by atoms with Crippen LogP contribution in [-0.4, -0.2) is 33.8 Å². The van der Waals surface area contributed by atoms with E-state index in [1.54, 1.807) is 55.5 Å². The largest absolute Gasteiger partial charge is 0.491 e. The van der Waals surface area contributed by atoms with E-state index < -0.39 is 25.0 Å². The molecule has 0 aliphatic heterocycles. The van der Waals surface area contributed by atoms with Crippen molar-refractivity contribution in [2.45, 2.75) is 33.4 Å². The molecular formula is C28H25ClN4O4. The van der Waals surface area contributed by atoms with E-state index in [0.717, 1.165) is 4.68 Å². The number of anilines is 1. The lowest BCUT2D eigenvalue weighted by molar-refractivity contribution is -0.119. The van der Waals surface area contributed by atoms with Gasteiger partial charge < -0.3 is 14.1 Å². The number of carbonyl (C=O) groups is 1. The first kappa shape index (κ1) is 21.0. The number of hydrogen-bond acceptors (Lipinski definition) is 6. The molecule has 2 heterocycles. The highest BCUT2D eigenvalue weighted by Crippen LogP contribution is 2.29. The Labute approximate surface area is 222 Å². The first-order valence-electron chi connectivity index (χ1n) is 13.1. The van der Waals surface area contributed by atoms with Crippen molar-refractivity contribution < 1.29 is 18.1 Å². The minimum absolute atomic E-state index is 0.0742. The van der Waals surface area contributed by atoms with Gasteiger partial charge in [0.05, 0.1) is 17.2 Å². The van der Waals surface area contributed by atoms with Crippen molar-refractivity contribution in [3.63, 3.8) is 0 Å². The fourth-order valence-electron chi connectivity index (χ4n) is 4.08. The minimum Gasteiger partial charge on any atom is -0.491 e. The number of halogens is 1. The molecule has 0 saturated heterocycles. The fourth-order valence-corrected chi connectivity index (χ4v) is 4.27. The third-order valence-corrected chi connectivity index (χ3v) is 5.91. The molecule has 5 rings (SSSR count). The molecule has 0 unspecified atom stereocenters. The van der Waals surface area contributed by atoms with Crippen LogP contribution in [0.25, 0.3) is 33.1 Å². The van der Waals surface area contributed by atoms with E-state index in [9.17, 15) is 9.59 Å². The van der Waals surface area contributed by atoms with Crippen molar-refractivity contribution in [2.24, 2.45) is 0 Å². The second-order valence-corrected chi connectivity index (χ2v) is 9.25. The Morgan fingerprint density at radius 1 is 1.16 bits per heavy atom. The third kappa shape index (κ3) is 4.93. The molecule has 0 fully saturated rings. The number of likely N-dealkylation sites (N-methyl/N-ethyl adjacent to an activating group) is 1. The van der Waals surface area contributed by atoms with Crippen molar-refractivity contribution in [1.82, 2.24) is 14.8 Å². The summed E-state index contributed by atoms with van der Waals surface area (Å²) < 4.78 is 36.5. The summed E-state index contributed by atoms with van der Waals surface area (Å²) in [6.45, 7) is 1.91. The number of benzene rings is 3. The first-order chi connectivity index (χ1) is 18.9. The van der Waals surface area contributed by atoms with Crippen molar-refractivity contribution in [3.8, 4) is 17.0 Å². The van der Waals surface area contributed by atoms with Gasteiger partial charge in [-0.05, 0) is 56.3 Å². The quantitative estimate of drug-likeness (QED) is 0.289. The monoisotopic (exact) mass is 519 g/mol. The van der Waals surface area contributed by atoms with Gasteiger partial charge in [-0.2, -0.15) is 5.10 Å². The predicted octanol–water partition coefficient (Wildman–Crippen LogP) is 5.62. The van der Waals surface area contributed by atoms with E-state index in [0.29, 0.717) is 49.3 Å². The third-order valence-electron chi connectivity index (χ3n) is 5.67. The number of aromatic nitrogens is 3. The van der Waals surface area contributed by atoms with E-state index in [2.05, 4.69) is 10.1 Å². The van der Waals surface area contributed by atoms with Crippen LogP contribution in [0.1, 0.15) is 23.9 Å². The topological polar surface area (TPSA) is 90.5 Å². The number of rotatable bonds is 6. The number of fused-ring (bicyclic) bond motifs is 2. The normalized spacial score (nSPS) is 12.9. The van der Waals surface area contributed by atoms with Crippen LogP contribution in [0, 0.1) is 6.92 Å². The van der Waals surface area contributed by atoms with Gasteiger partial charge in [-0.15, -0.1) is 0 Å². The van der Waals surface area contributed by atoms with Crippen LogP contribution < -0.4 is 15.2 Å². The van der Waals surface area contributed by atoms with Gasteiger partial charge in [0, 0.05) is 45.7 Å². The van der Waals surface area contributed by atoms with Crippen molar-refractivity contribution in [3.05, 3.63) is 81.9 Å². The summed E-state index contributed by atoms with van der Waals surface area (Å²) in [4.78, 5) is 32.1. The zero-order chi connectivity index (χ0) is 28.8. The standard InChI is InChI=1S/C28H25ClN4O4/c1-16(2)36-21-9-10-22-23(14-21)28(35)33(31-27(22)18-6-5-7-19(29)12-18)15-26(34)32(4)20-8-11-24-25(13-20)37-17(3)30-24/h5-14,16H,15H2,1-4H3/i4D3. The van der Waals surface area contributed by atoms with Gasteiger partial charge in [0.25, 0.3) is 5.56 Å². The van der Waals surface area contributed by atoms with Crippen molar-refractivity contribution >= 4 is 45.1 Å². The molecule has 9 heteroatoms. The Balaban J connectivity index is 1.63. The number of oxazole rings is 1. The molecule has 0 bridgehead atoms. The second kappa shape index (κ2) is 9.71. The van der Waals surface area contributed by atoms with Gasteiger partial charge in [0.1, 0.15) is 17.8 Å². The average molecular weight is 520 g/mol. The Hall–Kier alpha value is -4.17. The number of hydrogen-bond donors (Lipinski definition) is 0. The van der Waals surface area contributed by atoms with E-state index in [4.69, 9.17) is 24.9 Å². The van der Waals surface area contributed by atoms with Crippen molar-refractivity contribution in [1.29, 1.82) is 0 Å². The van der Waals surface area contributed by atoms with Crippen molar-refractivity contribution in [2.75, 3.05) is 11.9 Å².